The van der Waals surface area contributed by atoms with Gasteiger partial charge in [-0.15, -0.1) is 0 Å². The number of hydrogen-bond donors (Lipinski definition) is 2. The van der Waals surface area contributed by atoms with Crippen LogP contribution in [0.1, 0.15) is 20.3 Å². The molecule has 0 aromatic heterocycles. The number of carboxylic acids is 1. The topological polar surface area (TPSA) is 49.3 Å². The second kappa shape index (κ2) is 5.23. The average Bonchev–Trinajstić information content (AvgIpc) is 1.88. The number of rotatable bonds is 5. The Morgan fingerprint density at radius 2 is 2.30 bits per heavy atom. The number of aliphatic carboxylic acids is 1. The molecular formula is C7H15NO2. The maximum Gasteiger partial charge on any atom is 0.307 e. The molecule has 60 valence electrons. The zero-order chi connectivity index (χ0) is 7.98. The number of hydrogen-bond acceptors (Lipinski definition) is 2. The van der Waals surface area contributed by atoms with Crippen molar-refractivity contribution >= 4 is 5.97 Å². The first-order chi connectivity index (χ1) is 4.68. The predicted octanol–water partition coefficient (Wildman–Crippen LogP) is 0.707. The van der Waals surface area contributed by atoms with Gasteiger partial charge in [-0.1, -0.05) is 13.8 Å². The first-order valence-corrected chi connectivity index (χ1v) is 3.62. The minimum atomic E-state index is -0.733. The third-order valence-electron chi connectivity index (χ3n) is 1.30. The van der Waals surface area contributed by atoms with Crippen LogP contribution in [0.25, 0.3) is 0 Å². The summed E-state index contributed by atoms with van der Waals surface area (Å²) in [5, 5.41) is 11.5. The molecule has 3 nitrogen and oxygen atoms in total. The fraction of sp³-hybridized carbons (Fsp3) is 0.857. The van der Waals surface area contributed by atoms with Crippen molar-refractivity contribution in [1.82, 2.24) is 5.32 Å². The highest BCUT2D eigenvalue weighted by Crippen LogP contribution is 1.90. The van der Waals surface area contributed by atoms with E-state index >= 15 is 0 Å². The second-order valence-electron chi connectivity index (χ2n) is 2.44. The largest absolute Gasteiger partial charge is 0.481 e. The molecule has 3 heteroatoms. The SMILES string of the molecule is CCCNCC(C)C(=O)O. The predicted molar refractivity (Wildman–Crippen MR) is 40.0 cm³/mol. The quantitative estimate of drug-likeness (QED) is 0.560. The van der Waals surface area contributed by atoms with Gasteiger partial charge in [0, 0.05) is 6.54 Å². The van der Waals surface area contributed by atoms with Gasteiger partial charge in [-0.25, -0.2) is 0 Å². The van der Waals surface area contributed by atoms with Gasteiger partial charge in [0.05, 0.1) is 5.92 Å². The monoisotopic (exact) mass is 145 g/mol. The van der Waals surface area contributed by atoms with Gasteiger partial charge in [-0.2, -0.15) is 0 Å². The molecule has 10 heavy (non-hydrogen) atoms. The minimum absolute atomic E-state index is 0.272. The van der Waals surface area contributed by atoms with E-state index in [1.807, 2.05) is 0 Å². The van der Waals surface area contributed by atoms with Crippen LogP contribution in [0, 0.1) is 5.92 Å². The molecule has 0 saturated carbocycles. The highest BCUT2D eigenvalue weighted by molar-refractivity contribution is 5.69. The molecule has 0 rings (SSSR count). The van der Waals surface area contributed by atoms with Gasteiger partial charge in [0.1, 0.15) is 0 Å². The summed E-state index contributed by atoms with van der Waals surface area (Å²) in [4.78, 5) is 10.3. The molecule has 1 unspecified atom stereocenters. The van der Waals surface area contributed by atoms with E-state index < -0.39 is 5.97 Å². The summed E-state index contributed by atoms with van der Waals surface area (Å²) in [6.07, 6.45) is 1.05. The van der Waals surface area contributed by atoms with Crippen LogP contribution in [0.15, 0.2) is 0 Å². The standard InChI is InChI=1S/C7H15NO2/c1-3-4-8-5-6(2)7(9)10/h6,8H,3-5H2,1-2H3,(H,9,10). The number of nitrogens with one attached hydrogen (secondary N) is 1. The van der Waals surface area contributed by atoms with Gasteiger partial charge < -0.3 is 10.4 Å². The van der Waals surface area contributed by atoms with Crippen molar-refractivity contribution in [3.05, 3.63) is 0 Å². The molecule has 1 atom stereocenters. The lowest BCUT2D eigenvalue weighted by Gasteiger charge is -2.05. The average molecular weight is 145 g/mol. The molecule has 0 saturated heterocycles. The molecule has 0 aromatic rings. The Morgan fingerprint density at radius 3 is 2.70 bits per heavy atom. The van der Waals surface area contributed by atoms with Gasteiger partial charge in [0.15, 0.2) is 0 Å². The summed E-state index contributed by atoms with van der Waals surface area (Å²) in [5.74, 6) is -1.00. The summed E-state index contributed by atoms with van der Waals surface area (Å²) in [6, 6.07) is 0. The Morgan fingerprint density at radius 1 is 1.70 bits per heavy atom. The van der Waals surface area contributed by atoms with E-state index in [-0.39, 0.29) is 5.92 Å². The molecule has 2 N–H and O–H groups in total. The van der Waals surface area contributed by atoms with Crippen LogP contribution in [0.5, 0.6) is 0 Å². The van der Waals surface area contributed by atoms with Crippen molar-refractivity contribution in [1.29, 1.82) is 0 Å². The fourth-order valence-electron chi connectivity index (χ4n) is 0.583. The fourth-order valence-corrected chi connectivity index (χ4v) is 0.583. The van der Waals surface area contributed by atoms with Crippen LogP contribution in [-0.4, -0.2) is 24.2 Å². The van der Waals surface area contributed by atoms with Crippen molar-refractivity contribution in [2.75, 3.05) is 13.1 Å². The Hall–Kier alpha value is -0.570. The Bertz CT molecular complexity index is 104. The first kappa shape index (κ1) is 9.43. The normalized spacial score (nSPS) is 13.0. The lowest BCUT2D eigenvalue weighted by molar-refractivity contribution is -0.140. The summed E-state index contributed by atoms with van der Waals surface area (Å²) in [6.45, 7) is 5.23. The Balaban J connectivity index is 3.21. The molecular weight excluding hydrogens is 130 g/mol. The summed E-state index contributed by atoms with van der Waals surface area (Å²) < 4.78 is 0. The summed E-state index contributed by atoms with van der Waals surface area (Å²) in [5.41, 5.74) is 0. The van der Waals surface area contributed by atoms with E-state index in [9.17, 15) is 4.79 Å². The molecule has 0 aromatic carbocycles. The van der Waals surface area contributed by atoms with Crippen LogP contribution in [0.3, 0.4) is 0 Å². The lowest BCUT2D eigenvalue weighted by Crippen LogP contribution is -2.26. The molecule has 0 aliphatic rings. The molecule has 0 radical (unpaired) electrons. The number of carboxylic acid groups (broad SMARTS) is 1. The van der Waals surface area contributed by atoms with Crippen molar-refractivity contribution in [2.24, 2.45) is 5.92 Å². The van der Waals surface area contributed by atoms with Crippen molar-refractivity contribution in [2.45, 2.75) is 20.3 Å². The number of carbonyl (C=O) groups is 1. The zero-order valence-corrected chi connectivity index (χ0v) is 6.55. The van der Waals surface area contributed by atoms with E-state index in [0.717, 1.165) is 13.0 Å². The van der Waals surface area contributed by atoms with Crippen molar-refractivity contribution in [3.63, 3.8) is 0 Å². The van der Waals surface area contributed by atoms with Crippen molar-refractivity contribution < 1.29 is 9.90 Å². The molecule has 0 fully saturated rings. The molecule has 0 spiro atoms. The third-order valence-corrected chi connectivity index (χ3v) is 1.30. The Labute approximate surface area is 61.4 Å². The second-order valence-corrected chi connectivity index (χ2v) is 2.44. The van der Waals surface area contributed by atoms with Crippen LogP contribution >= 0.6 is 0 Å². The van der Waals surface area contributed by atoms with Crippen LogP contribution < -0.4 is 5.32 Å². The van der Waals surface area contributed by atoms with E-state index in [4.69, 9.17) is 5.11 Å². The van der Waals surface area contributed by atoms with Gasteiger partial charge in [0.2, 0.25) is 0 Å². The minimum Gasteiger partial charge on any atom is -0.481 e. The maximum atomic E-state index is 10.3. The van der Waals surface area contributed by atoms with Gasteiger partial charge in [-0.05, 0) is 13.0 Å². The molecule has 0 bridgehead atoms. The van der Waals surface area contributed by atoms with E-state index in [1.54, 1.807) is 6.92 Å². The summed E-state index contributed by atoms with van der Waals surface area (Å²) in [7, 11) is 0. The molecule has 0 heterocycles. The van der Waals surface area contributed by atoms with Gasteiger partial charge >= 0.3 is 5.97 Å². The van der Waals surface area contributed by atoms with Gasteiger partial charge in [-0.3, -0.25) is 4.79 Å². The smallest absolute Gasteiger partial charge is 0.307 e. The van der Waals surface area contributed by atoms with E-state index in [1.165, 1.54) is 0 Å². The third kappa shape index (κ3) is 4.32. The zero-order valence-electron chi connectivity index (χ0n) is 6.55. The Kier molecular flexibility index (Phi) is 4.94. The molecule has 0 aliphatic heterocycles. The lowest BCUT2D eigenvalue weighted by atomic mass is 10.2. The van der Waals surface area contributed by atoms with Crippen LogP contribution in [0.4, 0.5) is 0 Å². The van der Waals surface area contributed by atoms with Crippen molar-refractivity contribution in [3.8, 4) is 0 Å². The highest BCUT2D eigenvalue weighted by Gasteiger charge is 2.08. The summed E-state index contributed by atoms with van der Waals surface area (Å²) >= 11 is 0. The van der Waals surface area contributed by atoms with E-state index in [0.29, 0.717) is 6.54 Å². The van der Waals surface area contributed by atoms with Crippen LogP contribution in [0.2, 0.25) is 0 Å². The highest BCUT2D eigenvalue weighted by atomic mass is 16.4. The van der Waals surface area contributed by atoms with Crippen LogP contribution in [-0.2, 0) is 4.79 Å². The first-order valence-electron chi connectivity index (χ1n) is 3.62. The maximum absolute atomic E-state index is 10.3. The molecule has 0 aliphatic carbocycles. The molecule has 0 amide bonds. The van der Waals surface area contributed by atoms with E-state index in [2.05, 4.69) is 12.2 Å². The van der Waals surface area contributed by atoms with Gasteiger partial charge in [0.25, 0.3) is 0 Å².